The maximum atomic E-state index is 12.3. The number of rotatable bonds is 8. The second-order valence-corrected chi connectivity index (χ2v) is 9.98. The van der Waals surface area contributed by atoms with Crippen LogP contribution in [-0.2, 0) is 16.4 Å². The van der Waals surface area contributed by atoms with Crippen LogP contribution in [0.4, 0.5) is 0 Å². The van der Waals surface area contributed by atoms with Gasteiger partial charge in [-0.05, 0) is 36.3 Å². The van der Waals surface area contributed by atoms with Gasteiger partial charge in [-0.2, -0.15) is 0 Å². The molecule has 1 fully saturated rings. The summed E-state index contributed by atoms with van der Waals surface area (Å²) in [6, 6.07) is 4.09. The highest BCUT2D eigenvalue weighted by molar-refractivity contribution is 7.91. The Kier molecular flexibility index (Phi) is 5.13. The zero-order valence-corrected chi connectivity index (χ0v) is 14.9. The fourth-order valence-corrected chi connectivity index (χ4v) is 4.81. The normalized spacial score (nSPS) is 20.9. The summed E-state index contributed by atoms with van der Waals surface area (Å²) in [7, 11) is -3.34. The van der Waals surface area contributed by atoms with Gasteiger partial charge in [-0.25, -0.2) is 13.1 Å². The average Bonchev–Trinajstić information content (AvgIpc) is 2.77. The minimum Gasteiger partial charge on any atom is -0.314 e. The van der Waals surface area contributed by atoms with E-state index in [-0.39, 0.29) is 0 Å². The van der Waals surface area contributed by atoms with Crippen molar-refractivity contribution in [2.24, 2.45) is 11.3 Å². The SMILES string of the molecule is CC(C)NCCc1ccc(S(=O)(=O)NCC2CC2(C)C)s1. The highest BCUT2D eigenvalue weighted by atomic mass is 32.2. The third-order valence-corrected chi connectivity index (χ3v) is 7.12. The predicted molar refractivity (Wildman–Crippen MR) is 88.2 cm³/mol. The van der Waals surface area contributed by atoms with Gasteiger partial charge in [-0.1, -0.05) is 27.7 Å². The van der Waals surface area contributed by atoms with Crippen LogP contribution in [-0.4, -0.2) is 27.5 Å². The fourth-order valence-electron chi connectivity index (χ4n) is 2.33. The van der Waals surface area contributed by atoms with Crippen molar-refractivity contribution in [2.45, 2.75) is 50.8 Å². The van der Waals surface area contributed by atoms with Crippen molar-refractivity contribution in [1.29, 1.82) is 0 Å². The maximum Gasteiger partial charge on any atom is 0.250 e. The molecule has 1 aliphatic rings. The Hall–Kier alpha value is -0.430. The molecule has 21 heavy (non-hydrogen) atoms. The molecule has 0 amide bonds. The van der Waals surface area contributed by atoms with Crippen LogP contribution in [0.2, 0.25) is 0 Å². The smallest absolute Gasteiger partial charge is 0.250 e. The van der Waals surface area contributed by atoms with Crippen molar-refractivity contribution >= 4 is 21.4 Å². The summed E-state index contributed by atoms with van der Waals surface area (Å²) < 4.78 is 27.7. The van der Waals surface area contributed by atoms with Gasteiger partial charge in [0, 0.05) is 24.0 Å². The molecule has 120 valence electrons. The molecule has 1 aromatic heterocycles. The molecule has 2 N–H and O–H groups in total. The first-order valence-electron chi connectivity index (χ1n) is 7.52. The van der Waals surface area contributed by atoms with Gasteiger partial charge in [-0.3, -0.25) is 0 Å². The minimum absolute atomic E-state index is 0.297. The van der Waals surface area contributed by atoms with Gasteiger partial charge in [0.1, 0.15) is 4.21 Å². The second kappa shape index (κ2) is 6.36. The number of hydrogen-bond donors (Lipinski definition) is 2. The summed E-state index contributed by atoms with van der Waals surface area (Å²) in [6.45, 7) is 9.99. The van der Waals surface area contributed by atoms with Crippen LogP contribution in [0.25, 0.3) is 0 Å². The van der Waals surface area contributed by atoms with Crippen LogP contribution < -0.4 is 10.0 Å². The highest BCUT2D eigenvalue weighted by Crippen LogP contribution is 2.51. The first-order chi connectivity index (χ1) is 9.71. The van der Waals surface area contributed by atoms with E-state index in [9.17, 15) is 8.42 Å². The lowest BCUT2D eigenvalue weighted by molar-refractivity contribution is 0.538. The number of sulfonamides is 1. The van der Waals surface area contributed by atoms with Crippen LogP contribution in [0.1, 0.15) is 39.0 Å². The maximum absolute atomic E-state index is 12.3. The van der Waals surface area contributed by atoms with Crippen LogP contribution in [0.3, 0.4) is 0 Å². The van der Waals surface area contributed by atoms with Crippen molar-refractivity contribution in [3.05, 3.63) is 17.0 Å². The van der Waals surface area contributed by atoms with Crippen molar-refractivity contribution in [2.75, 3.05) is 13.1 Å². The van der Waals surface area contributed by atoms with Crippen LogP contribution in [0.15, 0.2) is 16.3 Å². The molecule has 1 atom stereocenters. The molecular formula is C15H26N2O2S2. The van der Waals surface area contributed by atoms with Gasteiger partial charge in [0.2, 0.25) is 10.0 Å². The topological polar surface area (TPSA) is 58.2 Å². The summed E-state index contributed by atoms with van der Waals surface area (Å²) >= 11 is 1.37. The van der Waals surface area contributed by atoms with E-state index in [0.717, 1.165) is 24.3 Å². The van der Waals surface area contributed by atoms with Crippen LogP contribution in [0.5, 0.6) is 0 Å². The van der Waals surface area contributed by atoms with E-state index in [1.54, 1.807) is 6.07 Å². The summed E-state index contributed by atoms with van der Waals surface area (Å²) in [5.41, 5.74) is 0.297. The molecule has 0 spiro atoms. The van der Waals surface area contributed by atoms with Gasteiger partial charge in [0.05, 0.1) is 0 Å². The molecule has 1 unspecified atom stereocenters. The average molecular weight is 331 g/mol. The Morgan fingerprint density at radius 1 is 1.38 bits per heavy atom. The Bertz CT molecular complexity index is 576. The third-order valence-electron chi connectivity index (χ3n) is 4.06. The largest absolute Gasteiger partial charge is 0.314 e. The van der Waals surface area contributed by atoms with Gasteiger partial charge in [0.25, 0.3) is 0 Å². The van der Waals surface area contributed by atoms with E-state index < -0.39 is 10.0 Å². The molecule has 1 aliphatic carbocycles. The van der Waals surface area contributed by atoms with E-state index in [0.29, 0.717) is 28.1 Å². The Morgan fingerprint density at radius 3 is 2.62 bits per heavy atom. The monoisotopic (exact) mass is 330 g/mol. The lowest BCUT2D eigenvalue weighted by atomic mass is 10.1. The molecule has 2 rings (SSSR count). The molecule has 1 saturated carbocycles. The van der Waals surface area contributed by atoms with E-state index >= 15 is 0 Å². The lowest BCUT2D eigenvalue weighted by Crippen LogP contribution is -2.26. The second-order valence-electron chi connectivity index (χ2n) is 6.82. The summed E-state index contributed by atoms with van der Waals surface area (Å²) in [5.74, 6) is 0.474. The molecule has 4 nitrogen and oxygen atoms in total. The zero-order valence-electron chi connectivity index (χ0n) is 13.3. The lowest BCUT2D eigenvalue weighted by Gasteiger charge is -2.07. The van der Waals surface area contributed by atoms with E-state index in [1.807, 2.05) is 6.07 Å². The Labute approximate surface area is 132 Å². The minimum atomic E-state index is -3.34. The molecule has 6 heteroatoms. The van der Waals surface area contributed by atoms with Gasteiger partial charge >= 0.3 is 0 Å². The molecule has 0 aromatic carbocycles. The van der Waals surface area contributed by atoms with Crippen molar-refractivity contribution in [3.63, 3.8) is 0 Å². The van der Waals surface area contributed by atoms with Gasteiger partial charge in [0.15, 0.2) is 0 Å². The van der Waals surface area contributed by atoms with Crippen molar-refractivity contribution in [1.82, 2.24) is 10.0 Å². The number of hydrogen-bond acceptors (Lipinski definition) is 4. The Morgan fingerprint density at radius 2 is 2.05 bits per heavy atom. The van der Waals surface area contributed by atoms with Crippen molar-refractivity contribution < 1.29 is 8.42 Å². The van der Waals surface area contributed by atoms with Crippen LogP contribution in [0, 0.1) is 11.3 Å². The van der Waals surface area contributed by atoms with E-state index in [4.69, 9.17) is 0 Å². The first kappa shape index (κ1) is 16.9. The molecule has 1 aromatic rings. The summed E-state index contributed by atoms with van der Waals surface area (Å²) in [5, 5.41) is 3.34. The standard InChI is InChI=1S/C15H26N2O2S2/c1-11(2)16-8-7-13-5-6-14(20-13)21(18,19)17-10-12-9-15(12,3)4/h5-6,11-12,16-17H,7-10H2,1-4H3. The zero-order chi connectivity index (χ0) is 15.7. The summed E-state index contributed by atoms with van der Waals surface area (Å²) in [6.07, 6.45) is 1.97. The van der Waals surface area contributed by atoms with Crippen molar-refractivity contribution in [3.8, 4) is 0 Å². The quantitative estimate of drug-likeness (QED) is 0.770. The third kappa shape index (κ3) is 4.77. The molecule has 0 aliphatic heterocycles. The molecule has 1 heterocycles. The highest BCUT2D eigenvalue weighted by Gasteiger charge is 2.45. The molecule has 0 radical (unpaired) electrons. The fraction of sp³-hybridized carbons (Fsp3) is 0.733. The molecular weight excluding hydrogens is 304 g/mol. The number of nitrogens with one attached hydrogen (secondary N) is 2. The first-order valence-corrected chi connectivity index (χ1v) is 9.82. The predicted octanol–water partition coefficient (Wildman–Crippen LogP) is 2.61. The molecule has 0 bridgehead atoms. The number of thiophene rings is 1. The Balaban J connectivity index is 1.87. The van der Waals surface area contributed by atoms with E-state index in [1.165, 1.54) is 11.3 Å². The van der Waals surface area contributed by atoms with E-state index in [2.05, 4.69) is 37.7 Å². The van der Waals surface area contributed by atoms with Gasteiger partial charge in [-0.15, -0.1) is 11.3 Å². The van der Waals surface area contributed by atoms with Crippen LogP contribution >= 0.6 is 11.3 Å². The van der Waals surface area contributed by atoms with Gasteiger partial charge < -0.3 is 5.32 Å². The summed E-state index contributed by atoms with van der Waals surface area (Å²) in [4.78, 5) is 1.11. The molecule has 0 saturated heterocycles.